The van der Waals surface area contributed by atoms with Crippen LogP contribution in [0.5, 0.6) is 0 Å². The van der Waals surface area contributed by atoms with E-state index in [1.807, 2.05) is 13.8 Å². The van der Waals surface area contributed by atoms with E-state index in [1.165, 1.54) is 0 Å². The summed E-state index contributed by atoms with van der Waals surface area (Å²) >= 11 is 3.33. The van der Waals surface area contributed by atoms with Crippen LogP contribution < -0.4 is 5.32 Å². The van der Waals surface area contributed by atoms with Crippen molar-refractivity contribution < 1.29 is 14.4 Å². The topological polar surface area (TPSA) is 75.4 Å². The zero-order valence-corrected chi connectivity index (χ0v) is 12.1. The number of aromatic carboxylic acids is 1. The zero-order chi connectivity index (χ0) is 14.0. The van der Waals surface area contributed by atoms with Gasteiger partial charge in [-0.1, -0.05) is 21.1 Å². The predicted octanol–water partition coefficient (Wildman–Crippen LogP) is 3.36. The Balaban J connectivity index is 2.24. The minimum atomic E-state index is -0.964. The molecule has 100 valence electrons. The van der Waals surface area contributed by atoms with Crippen LogP contribution in [0.1, 0.15) is 27.4 Å². The van der Waals surface area contributed by atoms with Crippen LogP contribution in [-0.2, 0) is 6.54 Å². The van der Waals surface area contributed by atoms with Gasteiger partial charge in [-0.15, -0.1) is 0 Å². The van der Waals surface area contributed by atoms with E-state index in [1.54, 1.807) is 18.2 Å². The molecule has 0 radical (unpaired) electrons. The predicted molar refractivity (Wildman–Crippen MR) is 74.4 cm³/mol. The number of aryl methyl sites for hydroxylation is 2. The number of carbonyl (C=O) groups is 1. The van der Waals surface area contributed by atoms with Crippen LogP contribution in [0.25, 0.3) is 0 Å². The molecule has 2 aromatic rings. The van der Waals surface area contributed by atoms with Crippen LogP contribution in [0, 0.1) is 13.8 Å². The zero-order valence-electron chi connectivity index (χ0n) is 10.5. The molecule has 0 aliphatic rings. The molecule has 2 N–H and O–H groups in total. The van der Waals surface area contributed by atoms with E-state index in [-0.39, 0.29) is 5.56 Å². The molecule has 0 fully saturated rings. The van der Waals surface area contributed by atoms with Gasteiger partial charge in [0.05, 0.1) is 16.9 Å². The van der Waals surface area contributed by atoms with Gasteiger partial charge >= 0.3 is 5.97 Å². The molecule has 0 saturated heterocycles. The number of carboxylic acid groups (broad SMARTS) is 1. The van der Waals surface area contributed by atoms with Crippen molar-refractivity contribution in [1.82, 2.24) is 5.16 Å². The number of rotatable bonds is 4. The number of benzene rings is 1. The summed E-state index contributed by atoms with van der Waals surface area (Å²) in [5, 5.41) is 16.1. The Kier molecular flexibility index (Phi) is 3.90. The summed E-state index contributed by atoms with van der Waals surface area (Å²) in [6, 6.07) is 4.99. The molecule has 19 heavy (non-hydrogen) atoms. The summed E-state index contributed by atoms with van der Waals surface area (Å²) < 4.78 is 5.89. The molecular weight excluding hydrogens is 312 g/mol. The lowest BCUT2D eigenvalue weighted by Gasteiger charge is -2.10. The molecular formula is C13H13BrN2O3. The Morgan fingerprint density at radius 1 is 1.47 bits per heavy atom. The fourth-order valence-electron chi connectivity index (χ4n) is 1.79. The van der Waals surface area contributed by atoms with Gasteiger partial charge in [-0.2, -0.15) is 0 Å². The van der Waals surface area contributed by atoms with Crippen molar-refractivity contribution in [3.8, 4) is 0 Å². The summed E-state index contributed by atoms with van der Waals surface area (Å²) in [6.45, 7) is 4.15. The number of halogens is 1. The third-order valence-corrected chi connectivity index (χ3v) is 3.34. The summed E-state index contributed by atoms with van der Waals surface area (Å²) in [5.41, 5.74) is 2.53. The fourth-order valence-corrected chi connectivity index (χ4v) is 2.15. The second kappa shape index (κ2) is 5.44. The average Bonchev–Trinajstić information content (AvgIpc) is 2.66. The molecule has 0 aliphatic heterocycles. The van der Waals surface area contributed by atoms with Gasteiger partial charge in [-0.05, 0) is 32.0 Å². The molecule has 1 heterocycles. The summed E-state index contributed by atoms with van der Waals surface area (Å²) in [5.74, 6) is -0.231. The van der Waals surface area contributed by atoms with Crippen LogP contribution in [0.2, 0.25) is 0 Å². The van der Waals surface area contributed by atoms with E-state index in [9.17, 15) is 4.79 Å². The first-order valence-corrected chi connectivity index (χ1v) is 6.47. The highest BCUT2D eigenvalue weighted by Gasteiger charge is 2.13. The molecule has 0 bridgehead atoms. The van der Waals surface area contributed by atoms with Gasteiger partial charge in [-0.3, -0.25) is 0 Å². The largest absolute Gasteiger partial charge is 0.478 e. The quantitative estimate of drug-likeness (QED) is 0.901. The van der Waals surface area contributed by atoms with Gasteiger partial charge in [0.15, 0.2) is 0 Å². The minimum absolute atomic E-state index is 0.231. The number of hydrogen-bond donors (Lipinski definition) is 2. The molecule has 6 heteroatoms. The van der Waals surface area contributed by atoms with Crippen molar-refractivity contribution in [2.75, 3.05) is 5.32 Å². The maximum Gasteiger partial charge on any atom is 0.337 e. The van der Waals surface area contributed by atoms with Crippen LogP contribution in [0.3, 0.4) is 0 Å². The third kappa shape index (κ3) is 2.96. The van der Waals surface area contributed by atoms with Crippen molar-refractivity contribution in [3.05, 3.63) is 45.3 Å². The SMILES string of the molecule is Cc1noc(C)c1CNc1cc(Br)ccc1C(=O)O. The van der Waals surface area contributed by atoms with Gasteiger partial charge in [0.2, 0.25) is 0 Å². The normalized spacial score (nSPS) is 10.5. The Morgan fingerprint density at radius 3 is 2.79 bits per heavy atom. The molecule has 0 amide bonds. The van der Waals surface area contributed by atoms with Gasteiger partial charge in [-0.25, -0.2) is 4.79 Å². The van der Waals surface area contributed by atoms with Gasteiger partial charge in [0.1, 0.15) is 5.76 Å². The molecule has 0 atom stereocenters. The van der Waals surface area contributed by atoms with E-state index in [2.05, 4.69) is 26.4 Å². The fraction of sp³-hybridized carbons (Fsp3) is 0.231. The van der Waals surface area contributed by atoms with E-state index in [4.69, 9.17) is 9.63 Å². The second-order valence-corrected chi connectivity index (χ2v) is 5.07. The first kappa shape index (κ1) is 13.6. The smallest absolute Gasteiger partial charge is 0.337 e. The summed E-state index contributed by atoms with van der Waals surface area (Å²) in [4.78, 5) is 11.1. The van der Waals surface area contributed by atoms with Crippen LogP contribution in [0.4, 0.5) is 5.69 Å². The Morgan fingerprint density at radius 2 is 2.21 bits per heavy atom. The number of nitrogens with one attached hydrogen (secondary N) is 1. The van der Waals surface area contributed by atoms with E-state index >= 15 is 0 Å². The van der Waals surface area contributed by atoms with Crippen LogP contribution in [0.15, 0.2) is 27.2 Å². The highest BCUT2D eigenvalue weighted by molar-refractivity contribution is 9.10. The highest BCUT2D eigenvalue weighted by atomic mass is 79.9. The lowest BCUT2D eigenvalue weighted by atomic mass is 10.1. The number of hydrogen-bond acceptors (Lipinski definition) is 4. The first-order chi connectivity index (χ1) is 8.99. The van der Waals surface area contributed by atoms with E-state index < -0.39 is 5.97 Å². The summed E-state index contributed by atoms with van der Waals surface area (Å²) in [6.07, 6.45) is 0. The van der Waals surface area contributed by atoms with Crippen LogP contribution >= 0.6 is 15.9 Å². The van der Waals surface area contributed by atoms with Crippen molar-refractivity contribution >= 4 is 27.6 Å². The van der Waals surface area contributed by atoms with E-state index in [0.717, 1.165) is 21.5 Å². The molecule has 5 nitrogen and oxygen atoms in total. The highest BCUT2D eigenvalue weighted by Crippen LogP contribution is 2.23. The monoisotopic (exact) mass is 324 g/mol. The van der Waals surface area contributed by atoms with E-state index in [0.29, 0.717) is 12.2 Å². The second-order valence-electron chi connectivity index (χ2n) is 4.15. The van der Waals surface area contributed by atoms with Gasteiger partial charge < -0.3 is 14.9 Å². The van der Waals surface area contributed by atoms with Crippen molar-refractivity contribution in [2.24, 2.45) is 0 Å². The van der Waals surface area contributed by atoms with Gasteiger partial charge in [0.25, 0.3) is 0 Å². The van der Waals surface area contributed by atoms with Gasteiger partial charge in [0, 0.05) is 16.6 Å². The molecule has 1 aromatic carbocycles. The molecule has 2 rings (SSSR count). The Labute approximate surface area is 118 Å². The average molecular weight is 325 g/mol. The lowest BCUT2D eigenvalue weighted by molar-refractivity contribution is 0.0698. The first-order valence-electron chi connectivity index (χ1n) is 5.67. The van der Waals surface area contributed by atoms with Crippen molar-refractivity contribution in [2.45, 2.75) is 20.4 Å². The maximum atomic E-state index is 11.1. The standard InChI is InChI=1S/C13H13BrN2O3/c1-7-11(8(2)19-16-7)6-15-12-5-9(14)3-4-10(12)13(17)18/h3-5,15H,6H2,1-2H3,(H,17,18). The molecule has 1 aromatic heterocycles. The van der Waals surface area contributed by atoms with Crippen molar-refractivity contribution in [3.63, 3.8) is 0 Å². The molecule has 0 aliphatic carbocycles. The van der Waals surface area contributed by atoms with Crippen molar-refractivity contribution in [1.29, 1.82) is 0 Å². The number of aromatic nitrogens is 1. The molecule has 0 unspecified atom stereocenters. The number of nitrogens with zero attached hydrogens (tertiary/aromatic N) is 1. The number of anilines is 1. The number of carboxylic acids is 1. The maximum absolute atomic E-state index is 11.1. The summed E-state index contributed by atoms with van der Waals surface area (Å²) in [7, 11) is 0. The molecule has 0 spiro atoms. The Hall–Kier alpha value is -1.82. The van der Waals surface area contributed by atoms with Crippen LogP contribution in [-0.4, -0.2) is 16.2 Å². The minimum Gasteiger partial charge on any atom is -0.478 e. The third-order valence-electron chi connectivity index (χ3n) is 2.85. The Bertz CT molecular complexity index is 603. The molecule has 0 saturated carbocycles. The lowest BCUT2D eigenvalue weighted by Crippen LogP contribution is -2.07.